The van der Waals surface area contributed by atoms with Crippen LogP contribution in [-0.4, -0.2) is 11.3 Å². The van der Waals surface area contributed by atoms with Gasteiger partial charge in [-0.3, -0.25) is 4.79 Å². The minimum Gasteiger partial charge on any atom is -0.478 e. The molecule has 0 heterocycles. The van der Waals surface area contributed by atoms with Gasteiger partial charge in [0.15, 0.2) is 17.6 Å². The Labute approximate surface area is 127 Å². The van der Waals surface area contributed by atoms with Crippen LogP contribution in [0.1, 0.15) is 6.92 Å². The van der Waals surface area contributed by atoms with Gasteiger partial charge >= 0.3 is 0 Å². The van der Waals surface area contributed by atoms with E-state index in [1.54, 1.807) is 49.4 Å². The number of hydrogen-bond acceptors (Lipinski definition) is 3. The highest BCUT2D eigenvalue weighted by Crippen LogP contribution is 2.32. The Balaban J connectivity index is 2.19. The van der Waals surface area contributed by atoms with Crippen molar-refractivity contribution < 1.29 is 14.3 Å². The van der Waals surface area contributed by atoms with E-state index in [-0.39, 0.29) is 0 Å². The van der Waals surface area contributed by atoms with Crippen molar-refractivity contribution in [3.05, 3.63) is 53.6 Å². The molecular weight excluding hydrogens is 299 g/mol. The zero-order valence-corrected chi connectivity index (χ0v) is 12.2. The van der Waals surface area contributed by atoms with Crippen LogP contribution in [0.5, 0.6) is 17.2 Å². The fourth-order valence-electron chi connectivity index (χ4n) is 1.50. The first-order valence-electron chi connectivity index (χ1n) is 5.94. The van der Waals surface area contributed by atoms with Crippen LogP contribution in [0.15, 0.2) is 48.5 Å². The molecule has 0 aromatic heterocycles. The first-order chi connectivity index (χ1) is 9.56. The highest BCUT2D eigenvalue weighted by molar-refractivity contribution is 6.64. The molecule has 0 aliphatic heterocycles. The fourth-order valence-corrected chi connectivity index (χ4v) is 1.67. The summed E-state index contributed by atoms with van der Waals surface area (Å²) in [7, 11) is 0. The van der Waals surface area contributed by atoms with Crippen molar-refractivity contribution in [3.63, 3.8) is 0 Å². The summed E-state index contributed by atoms with van der Waals surface area (Å²) in [5.41, 5.74) is 0. The van der Waals surface area contributed by atoms with E-state index >= 15 is 0 Å². The van der Waals surface area contributed by atoms with E-state index in [0.717, 1.165) is 0 Å². The lowest BCUT2D eigenvalue weighted by Crippen LogP contribution is -2.19. The Morgan fingerprint density at radius 2 is 1.65 bits per heavy atom. The van der Waals surface area contributed by atoms with E-state index < -0.39 is 11.3 Å². The third kappa shape index (κ3) is 3.89. The van der Waals surface area contributed by atoms with Gasteiger partial charge in [-0.25, -0.2) is 0 Å². The van der Waals surface area contributed by atoms with Crippen molar-refractivity contribution in [2.45, 2.75) is 13.0 Å². The van der Waals surface area contributed by atoms with Gasteiger partial charge < -0.3 is 9.47 Å². The Bertz CT molecular complexity index is 596. The quantitative estimate of drug-likeness (QED) is 0.753. The number of ether oxygens (including phenoxy) is 2. The number of carbonyl (C=O) groups excluding carboxylic acids is 1. The Hall–Kier alpha value is -1.71. The molecule has 0 fully saturated rings. The molecule has 1 unspecified atom stereocenters. The molecule has 0 spiro atoms. The summed E-state index contributed by atoms with van der Waals surface area (Å²) in [6.07, 6.45) is -0.744. The highest BCUT2D eigenvalue weighted by Gasteiger charge is 2.14. The SMILES string of the molecule is CC(Oc1ccccc1Oc1ccc(Cl)cc1)C(=O)Cl. The van der Waals surface area contributed by atoms with Crippen molar-refractivity contribution in [3.8, 4) is 17.2 Å². The fraction of sp³-hybridized carbons (Fsp3) is 0.133. The Kier molecular flexibility index (Phi) is 4.88. The number of benzene rings is 2. The summed E-state index contributed by atoms with van der Waals surface area (Å²) in [6.45, 7) is 1.58. The molecule has 5 heteroatoms. The molecule has 0 aliphatic carbocycles. The average Bonchev–Trinajstić information content (AvgIpc) is 2.43. The minimum atomic E-state index is -0.744. The van der Waals surface area contributed by atoms with Gasteiger partial charge in [0.25, 0.3) is 5.24 Å². The predicted molar refractivity (Wildman–Crippen MR) is 78.9 cm³/mol. The van der Waals surface area contributed by atoms with E-state index in [1.165, 1.54) is 0 Å². The molecule has 2 aromatic carbocycles. The maximum Gasteiger partial charge on any atom is 0.262 e. The molecule has 0 saturated carbocycles. The summed E-state index contributed by atoms with van der Waals surface area (Å²) in [4.78, 5) is 11.0. The second-order valence-electron chi connectivity index (χ2n) is 4.07. The standard InChI is InChI=1S/C15H12Cl2O3/c1-10(15(17)18)19-13-4-2-3-5-14(13)20-12-8-6-11(16)7-9-12/h2-10H,1H3. The monoisotopic (exact) mass is 310 g/mol. The van der Waals surface area contributed by atoms with Crippen LogP contribution in [0.3, 0.4) is 0 Å². The second kappa shape index (κ2) is 6.64. The smallest absolute Gasteiger partial charge is 0.262 e. The molecule has 2 rings (SSSR count). The lowest BCUT2D eigenvalue weighted by atomic mass is 10.3. The summed E-state index contributed by atoms with van der Waals surface area (Å²) < 4.78 is 11.2. The normalized spacial score (nSPS) is 11.8. The summed E-state index contributed by atoms with van der Waals surface area (Å²) >= 11 is 11.2. The van der Waals surface area contributed by atoms with Gasteiger partial charge in [-0.2, -0.15) is 0 Å². The van der Waals surface area contributed by atoms with E-state index in [2.05, 4.69) is 0 Å². The predicted octanol–water partition coefficient (Wildman–Crippen LogP) is 4.67. The number of rotatable bonds is 5. The summed E-state index contributed by atoms with van der Waals surface area (Å²) in [5, 5.41) is 0.0644. The van der Waals surface area contributed by atoms with Crippen LogP contribution in [0.4, 0.5) is 0 Å². The highest BCUT2D eigenvalue weighted by atomic mass is 35.5. The van der Waals surface area contributed by atoms with Crippen LogP contribution in [0, 0.1) is 0 Å². The number of halogens is 2. The van der Waals surface area contributed by atoms with Crippen LogP contribution in [-0.2, 0) is 4.79 Å². The van der Waals surface area contributed by atoms with Gasteiger partial charge in [0.2, 0.25) is 0 Å². The summed E-state index contributed by atoms with van der Waals surface area (Å²) in [6, 6.07) is 14.0. The second-order valence-corrected chi connectivity index (χ2v) is 4.88. The zero-order chi connectivity index (χ0) is 14.5. The van der Waals surface area contributed by atoms with Crippen molar-refractivity contribution in [2.75, 3.05) is 0 Å². The van der Waals surface area contributed by atoms with E-state index in [4.69, 9.17) is 32.7 Å². The van der Waals surface area contributed by atoms with Crippen LogP contribution < -0.4 is 9.47 Å². The molecule has 104 valence electrons. The molecule has 20 heavy (non-hydrogen) atoms. The lowest BCUT2D eigenvalue weighted by Gasteiger charge is -2.14. The first-order valence-corrected chi connectivity index (χ1v) is 6.70. The van der Waals surface area contributed by atoms with Crippen LogP contribution in [0.2, 0.25) is 5.02 Å². The summed E-state index contributed by atoms with van der Waals surface area (Å²) in [5.74, 6) is 1.57. The molecule has 2 aromatic rings. The number of hydrogen-bond donors (Lipinski definition) is 0. The first kappa shape index (κ1) is 14.7. The van der Waals surface area contributed by atoms with Crippen LogP contribution >= 0.6 is 23.2 Å². The van der Waals surface area contributed by atoms with E-state index in [9.17, 15) is 4.79 Å². The molecule has 0 bridgehead atoms. The number of para-hydroxylation sites is 2. The molecule has 0 saturated heterocycles. The Morgan fingerprint density at radius 3 is 2.25 bits per heavy atom. The molecule has 0 radical (unpaired) electrons. The van der Waals surface area contributed by atoms with E-state index in [1.807, 2.05) is 6.07 Å². The molecule has 0 N–H and O–H groups in total. The van der Waals surface area contributed by atoms with Crippen molar-refractivity contribution in [1.82, 2.24) is 0 Å². The zero-order valence-electron chi connectivity index (χ0n) is 10.7. The largest absolute Gasteiger partial charge is 0.478 e. The van der Waals surface area contributed by atoms with Gasteiger partial charge in [0, 0.05) is 5.02 Å². The van der Waals surface area contributed by atoms with Crippen molar-refractivity contribution in [2.24, 2.45) is 0 Å². The van der Waals surface area contributed by atoms with E-state index in [0.29, 0.717) is 22.3 Å². The maximum atomic E-state index is 11.0. The van der Waals surface area contributed by atoms with Gasteiger partial charge in [-0.15, -0.1) is 0 Å². The molecule has 0 aliphatic rings. The van der Waals surface area contributed by atoms with Gasteiger partial charge in [0.1, 0.15) is 5.75 Å². The molecule has 3 nitrogen and oxygen atoms in total. The topological polar surface area (TPSA) is 35.5 Å². The third-order valence-electron chi connectivity index (χ3n) is 2.51. The third-order valence-corrected chi connectivity index (χ3v) is 3.07. The average molecular weight is 311 g/mol. The molecule has 1 atom stereocenters. The maximum absolute atomic E-state index is 11.0. The minimum absolute atomic E-state index is 0.448. The van der Waals surface area contributed by atoms with Gasteiger partial charge in [-0.1, -0.05) is 23.7 Å². The van der Waals surface area contributed by atoms with Crippen LogP contribution in [0.25, 0.3) is 0 Å². The molecular formula is C15H12Cl2O3. The Morgan fingerprint density at radius 1 is 1.05 bits per heavy atom. The molecule has 0 amide bonds. The number of carbonyl (C=O) groups is 1. The van der Waals surface area contributed by atoms with Gasteiger partial charge in [0.05, 0.1) is 0 Å². The van der Waals surface area contributed by atoms with Crippen molar-refractivity contribution >= 4 is 28.4 Å². The lowest BCUT2D eigenvalue weighted by molar-refractivity contribution is -0.117. The van der Waals surface area contributed by atoms with Gasteiger partial charge in [-0.05, 0) is 54.9 Å². The van der Waals surface area contributed by atoms with Crippen molar-refractivity contribution in [1.29, 1.82) is 0 Å².